The van der Waals surface area contributed by atoms with Crippen LogP contribution < -0.4 is 0 Å². The average molecular weight is 172 g/mol. The Morgan fingerprint density at radius 3 is 2.25 bits per heavy atom. The van der Waals surface area contributed by atoms with Gasteiger partial charge in [-0.25, -0.2) is 0 Å². The number of unbranched alkanes of at least 4 members (excludes halogenated alkanes) is 4. The van der Waals surface area contributed by atoms with E-state index in [1.165, 1.54) is 19.3 Å². The number of ketones is 1. The van der Waals surface area contributed by atoms with Crippen molar-refractivity contribution in [3.63, 3.8) is 0 Å². The summed E-state index contributed by atoms with van der Waals surface area (Å²) in [6, 6.07) is 0. The van der Waals surface area contributed by atoms with E-state index < -0.39 is 0 Å². The van der Waals surface area contributed by atoms with Crippen LogP contribution in [0.2, 0.25) is 0 Å². The lowest BCUT2D eigenvalue weighted by atomic mass is 10.1. The molecule has 0 aromatic rings. The van der Waals surface area contributed by atoms with Gasteiger partial charge in [-0.1, -0.05) is 19.3 Å². The molecule has 0 bridgehead atoms. The van der Waals surface area contributed by atoms with Crippen LogP contribution in [-0.2, 0) is 9.53 Å². The molecular formula is C10H20O2. The molecule has 0 aromatic carbocycles. The van der Waals surface area contributed by atoms with Gasteiger partial charge in [0, 0.05) is 20.1 Å². The molecule has 0 aliphatic rings. The molecule has 12 heavy (non-hydrogen) atoms. The maximum atomic E-state index is 10.6. The molecule has 0 unspecified atom stereocenters. The first-order chi connectivity index (χ1) is 5.77. The van der Waals surface area contributed by atoms with E-state index in [1.54, 1.807) is 14.0 Å². The predicted molar refractivity (Wildman–Crippen MR) is 50.3 cm³/mol. The second-order valence-electron chi connectivity index (χ2n) is 3.21. The van der Waals surface area contributed by atoms with E-state index in [1.807, 2.05) is 0 Å². The van der Waals surface area contributed by atoms with Gasteiger partial charge in [-0.3, -0.25) is 0 Å². The molecule has 0 fully saturated rings. The molecule has 72 valence electrons. The number of hydrogen-bond donors (Lipinski definition) is 0. The van der Waals surface area contributed by atoms with Gasteiger partial charge < -0.3 is 9.53 Å². The lowest BCUT2D eigenvalue weighted by molar-refractivity contribution is -0.117. The van der Waals surface area contributed by atoms with Gasteiger partial charge in [-0.05, 0) is 19.8 Å². The summed E-state index contributed by atoms with van der Waals surface area (Å²) in [6.07, 6.45) is 6.61. The van der Waals surface area contributed by atoms with Crippen molar-refractivity contribution < 1.29 is 9.53 Å². The number of Topliss-reactive ketones (excluding diaryl/α,β-unsaturated/α-hetero) is 1. The van der Waals surface area contributed by atoms with Crippen molar-refractivity contribution in [2.24, 2.45) is 0 Å². The second-order valence-corrected chi connectivity index (χ2v) is 3.21. The summed E-state index contributed by atoms with van der Waals surface area (Å²) in [7, 11) is 1.73. The minimum Gasteiger partial charge on any atom is -0.385 e. The van der Waals surface area contributed by atoms with Crippen LogP contribution in [0.3, 0.4) is 0 Å². The van der Waals surface area contributed by atoms with E-state index in [0.29, 0.717) is 5.78 Å². The highest BCUT2D eigenvalue weighted by Crippen LogP contribution is 2.05. The highest BCUT2D eigenvalue weighted by Gasteiger charge is 1.93. The Hall–Kier alpha value is -0.370. The summed E-state index contributed by atoms with van der Waals surface area (Å²) in [4.78, 5) is 10.6. The molecule has 0 radical (unpaired) electrons. The topological polar surface area (TPSA) is 26.3 Å². The summed E-state index contributed by atoms with van der Waals surface area (Å²) < 4.78 is 4.93. The highest BCUT2D eigenvalue weighted by atomic mass is 16.5. The summed E-state index contributed by atoms with van der Waals surface area (Å²) in [5.41, 5.74) is 0. The highest BCUT2D eigenvalue weighted by molar-refractivity contribution is 5.75. The molecular weight excluding hydrogens is 152 g/mol. The number of hydrogen-bond acceptors (Lipinski definition) is 2. The zero-order chi connectivity index (χ0) is 9.23. The maximum Gasteiger partial charge on any atom is 0.129 e. The number of rotatable bonds is 8. The molecule has 0 amide bonds. The van der Waals surface area contributed by atoms with Crippen molar-refractivity contribution in [3.8, 4) is 0 Å². The summed E-state index contributed by atoms with van der Waals surface area (Å²) in [5.74, 6) is 0.312. The summed E-state index contributed by atoms with van der Waals surface area (Å²) in [5, 5.41) is 0. The molecule has 0 rings (SSSR count). The molecule has 0 N–H and O–H groups in total. The van der Waals surface area contributed by atoms with Crippen LogP contribution in [0.1, 0.15) is 45.4 Å². The minimum atomic E-state index is 0.312. The van der Waals surface area contributed by atoms with Gasteiger partial charge in [0.15, 0.2) is 0 Å². The van der Waals surface area contributed by atoms with Crippen LogP contribution >= 0.6 is 0 Å². The Balaban J connectivity index is 2.86. The number of methoxy groups -OCH3 is 1. The van der Waals surface area contributed by atoms with Crippen LogP contribution in [0.5, 0.6) is 0 Å². The molecule has 0 aliphatic heterocycles. The van der Waals surface area contributed by atoms with Crippen LogP contribution in [-0.4, -0.2) is 19.5 Å². The fourth-order valence-corrected chi connectivity index (χ4v) is 1.15. The van der Waals surface area contributed by atoms with Crippen molar-refractivity contribution in [2.45, 2.75) is 45.4 Å². The summed E-state index contributed by atoms with van der Waals surface area (Å²) >= 11 is 0. The van der Waals surface area contributed by atoms with Gasteiger partial charge in [0.2, 0.25) is 0 Å². The molecule has 0 spiro atoms. The van der Waals surface area contributed by atoms with Gasteiger partial charge in [0.05, 0.1) is 0 Å². The predicted octanol–water partition coefficient (Wildman–Crippen LogP) is 2.56. The number of ether oxygens (including phenoxy) is 1. The third kappa shape index (κ3) is 9.63. The first-order valence-electron chi connectivity index (χ1n) is 4.75. The Bertz CT molecular complexity index is 110. The average Bonchev–Trinajstić information content (AvgIpc) is 2.02. The van der Waals surface area contributed by atoms with Crippen molar-refractivity contribution in [1.29, 1.82) is 0 Å². The molecule has 0 aromatic heterocycles. The van der Waals surface area contributed by atoms with Gasteiger partial charge in [-0.15, -0.1) is 0 Å². The van der Waals surface area contributed by atoms with E-state index in [0.717, 1.165) is 25.9 Å². The third-order valence-corrected chi connectivity index (χ3v) is 1.88. The molecule has 0 aliphatic carbocycles. The Labute approximate surface area is 75.3 Å². The van der Waals surface area contributed by atoms with Crippen molar-refractivity contribution in [1.82, 2.24) is 0 Å². The lowest BCUT2D eigenvalue weighted by Gasteiger charge is -1.99. The standard InChI is InChI=1S/C10H20O2/c1-10(11)8-6-4-3-5-7-9-12-2/h3-9H2,1-2H3. The van der Waals surface area contributed by atoms with Crippen LogP contribution in [0, 0.1) is 0 Å². The fourth-order valence-electron chi connectivity index (χ4n) is 1.15. The van der Waals surface area contributed by atoms with E-state index in [2.05, 4.69) is 0 Å². The van der Waals surface area contributed by atoms with E-state index in [-0.39, 0.29) is 0 Å². The Kier molecular flexibility index (Phi) is 8.46. The van der Waals surface area contributed by atoms with Crippen LogP contribution in [0.25, 0.3) is 0 Å². The second kappa shape index (κ2) is 8.72. The monoisotopic (exact) mass is 172 g/mol. The van der Waals surface area contributed by atoms with Gasteiger partial charge in [0.25, 0.3) is 0 Å². The van der Waals surface area contributed by atoms with Crippen molar-refractivity contribution in [3.05, 3.63) is 0 Å². The van der Waals surface area contributed by atoms with Crippen LogP contribution in [0.4, 0.5) is 0 Å². The molecule has 0 saturated heterocycles. The molecule has 0 saturated carbocycles. The van der Waals surface area contributed by atoms with Crippen molar-refractivity contribution in [2.75, 3.05) is 13.7 Å². The summed E-state index contributed by atoms with van der Waals surface area (Å²) in [6.45, 7) is 2.53. The maximum absolute atomic E-state index is 10.6. The van der Waals surface area contributed by atoms with E-state index in [9.17, 15) is 4.79 Å². The molecule has 0 atom stereocenters. The zero-order valence-corrected chi connectivity index (χ0v) is 8.27. The molecule has 2 nitrogen and oxygen atoms in total. The largest absolute Gasteiger partial charge is 0.385 e. The smallest absolute Gasteiger partial charge is 0.129 e. The quantitative estimate of drug-likeness (QED) is 0.526. The fraction of sp³-hybridized carbons (Fsp3) is 0.900. The Morgan fingerprint density at radius 2 is 1.67 bits per heavy atom. The normalized spacial score (nSPS) is 10.2. The van der Waals surface area contributed by atoms with Crippen LogP contribution in [0.15, 0.2) is 0 Å². The van der Waals surface area contributed by atoms with Crippen molar-refractivity contribution >= 4 is 5.78 Å². The third-order valence-electron chi connectivity index (χ3n) is 1.88. The van der Waals surface area contributed by atoms with Gasteiger partial charge >= 0.3 is 0 Å². The molecule has 2 heteroatoms. The Morgan fingerprint density at radius 1 is 1.08 bits per heavy atom. The first kappa shape index (κ1) is 11.6. The van der Waals surface area contributed by atoms with Gasteiger partial charge in [-0.2, -0.15) is 0 Å². The van der Waals surface area contributed by atoms with E-state index >= 15 is 0 Å². The minimum absolute atomic E-state index is 0.312. The van der Waals surface area contributed by atoms with E-state index in [4.69, 9.17) is 4.74 Å². The number of carbonyl (C=O) groups is 1. The number of carbonyl (C=O) groups excluding carboxylic acids is 1. The SMILES string of the molecule is COCCCCCCCC(C)=O. The first-order valence-corrected chi connectivity index (χ1v) is 4.75. The molecule has 0 heterocycles. The zero-order valence-electron chi connectivity index (χ0n) is 8.27. The van der Waals surface area contributed by atoms with Gasteiger partial charge in [0.1, 0.15) is 5.78 Å². The lowest BCUT2D eigenvalue weighted by Crippen LogP contribution is -1.91.